The van der Waals surface area contributed by atoms with E-state index in [1.54, 1.807) is 0 Å². The van der Waals surface area contributed by atoms with Gasteiger partial charge >= 0.3 is 0 Å². The van der Waals surface area contributed by atoms with Gasteiger partial charge in [-0.2, -0.15) is 0 Å². The Morgan fingerprint density at radius 3 is 2.06 bits per heavy atom. The molecule has 2 saturated carbocycles. The van der Waals surface area contributed by atoms with E-state index in [0.717, 1.165) is 11.8 Å². The molecule has 0 amide bonds. The molecule has 0 spiro atoms. The first-order valence-electron chi connectivity index (χ1n) is 7.48. The molecule has 0 aromatic rings. The van der Waals surface area contributed by atoms with E-state index in [1.807, 2.05) is 0 Å². The molecule has 0 radical (unpaired) electrons. The van der Waals surface area contributed by atoms with E-state index in [-0.39, 0.29) is 0 Å². The zero-order chi connectivity index (χ0) is 12.5. The van der Waals surface area contributed by atoms with E-state index >= 15 is 0 Å². The highest BCUT2D eigenvalue weighted by atomic mass is 14.7. The molecule has 2 rings (SSSR count). The van der Waals surface area contributed by atoms with Crippen LogP contribution in [-0.4, -0.2) is 12.1 Å². The van der Waals surface area contributed by atoms with Gasteiger partial charge in [-0.05, 0) is 68.6 Å². The van der Waals surface area contributed by atoms with Gasteiger partial charge in [-0.25, -0.2) is 0 Å². The maximum atomic E-state index is 6.11. The number of hydrogen-bond acceptors (Lipinski definition) is 2. The van der Waals surface area contributed by atoms with Crippen molar-refractivity contribution in [3.8, 4) is 0 Å². The minimum atomic E-state index is 0.445. The van der Waals surface area contributed by atoms with Crippen LogP contribution in [0.3, 0.4) is 0 Å². The lowest BCUT2D eigenvalue weighted by Crippen LogP contribution is -2.40. The van der Waals surface area contributed by atoms with Crippen molar-refractivity contribution in [1.82, 2.24) is 0 Å². The smallest absolute Gasteiger partial charge is 0.00441 e. The summed E-state index contributed by atoms with van der Waals surface area (Å²) in [4.78, 5) is 0. The molecule has 0 aromatic carbocycles. The molecule has 2 aliphatic carbocycles. The van der Waals surface area contributed by atoms with E-state index in [9.17, 15) is 0 Å². The molecule has 2 heteroatoms. The Balaban J connectivity index is 1.85. The summed E-state index contributed by atoms with van der Waals surface area (Å²) in [6.07, 6.45) is 10.4. The molecule has 2 atom stereocenters. The number of hydrogen-bond donors (Lipinski definition) is 2. The second kappa shape index (κ2) is 5.27. The maximum Gasteiger partial charge on any atom is 0.00441 e. The van der Waals surface area contributed by atoms with Crippen LogP contribution in [-0.2, 0) is 0 Å². The van der Waals surface area contributed by atoms with Gasteiger partial charge in [-0.1, -0.05) is 13.8 Å². The fraction of sp³-hybridized carbons (Fsp3) is 1.00. The minimum absolute atomic E-state index is 0.445. The standard InChI is InChI=1S/C15H30N2/c1-15(2)10-14(17)8-5-12(15)9-11-3-6-13(16)7-4-11/h11-14H,3-10,16-17H2,1-2H3. The van der Waals surface area contributed by atoms with Gasteiger partial charge in [-0.3, -0.25) is 0 Å². The monoisotopic (exact) mass is 238 g/mol. The Kier molecular flexibility index (Phi) is 4.14. The first kappa shape index (κ1) is 13.4. The van der Waals surface area contributed by atoms with Gasteiger partial charge in [-0.15, -0.1) is 0 Å². The average Bonchev–Trinajstić information content (AvgIpc) is 2.24. The Morgan fingerprint density at radius 2 is 1.47 bits per heavy atom. The largest absolute Gasteiger partial charge is 0.328 e. The molecule has 0 bridgehead atoms. The quantitative estimate of drug-likeness (QED) is 0.777. The van der Waals surface area contributed by atoms with Crippen molar-refractivity contribution in [2.24, 2.45) is 28.7 Å². The van der Waals surface area contributed by atoms with Crippen LogP contribution in [0.1, 0.15) is 65.2 Å². The summed E-state index contributed by atoms with van der Waals surface area (Å²) in [5.41, 5.74) is 12.5. The number of nitrogens with two attached hydrogens (primary N) is 2. The molecule has 100 valence electrons. The van der Waals surface area contributed by atoms with Gasteiger partial charge in [0.15, 0.2) is 0 Å². The van der Waals surface area contributed by atoms with E-state index < -0.39 is 0 Å². The Bertz CT molecular complexity index is 241. The first-order valence-corrected chi connectivity index (χ1v) is 7.48. The van der Waals surface area contributed by atoms with E-state index in [4.69, 9.17) is 11.5 Å². The molecular formula is C15H30N2. The lowest BCUT2D eigenvalue weighted by molar-refractivity contribution is 0.0898. The average molecular weight is 238 g/mol. The topological polar surface area (TPSA) is 52.0 Å². The summed E-state index contributed by atoms with van der Waals surface area (Å²) in [6, 6.07) is 0.931. The van der Waals surface area contributed by atoms with Crippen molar-refractivity contribution >= 4 is 0 Å². The Morgan fingerprint density at radius 1 is 0.882 bits per heavy atom. The summed E-state index contributed by atoms with van der Waals surface area (Å²) >= 11 is 0. The Hall–Kier alpha value is -0.0800. The third-order valence-corrected chi connectivity index (χ3v) is 5.29. The van der Waals surface area contributed by atoms with Crippen LogP contribution in [0.4, 0.5) is 0 Å². The molecule has 2 fully saturated rings. The van der Waals surface area contributed by atoms with E-state index in [2.05, 4.69) is 13.8 Å². The zero-order valence-corrected chi connectivity index (χ0v) is 11.6. The molecular weight excluding hydrogens is 208 g/mol. The second-order valence-corrected chi connectivity index (χ2v) is 7.24. The van der Waals surface area contributed by atoms with Gasteiger partial charge in [0, 0.05) is 12.1 Å². The van der Waals surface area contributed by atoms with Crippen molar-refractivity contribution in [1.29, 1.82) is 0 Å². The summed E-state index contributed by atoms with van der Waals surface area (Å²) in [7, 11) is 0. The van der Waals surface area contributed by atoms with Crippen molar-refractivity contribution in [2.45, 2.75) is 77.3 Å². The van der Waals surface area contributed by atoms with Crippen LogP contribution in [0.15, 0.2) is 0 Å². The highest BCUT2D eigenvalue weighted by molar-refractivity contribution is 4.90. The van der Waals surface area contributed by atoms with Crippen LogP contribution in [0, 0.1) is 17.3 Å². The van der Waals surface area contributed by atoms with E-state index in [0.29, 0.717) is 17.5 Å². The number of rotatable bonds is 2. The molecule has 0 saturated heterocycles. The van der Waals surface area contributed by atoms with E-state index in [1.165, 1.54) is 51.4 Å². The van der Waals surface area contributed by atoms with Crippen molar-refractivity contribution in [3.63, 3.8) is 0 Å². The molecule has 4 N–H and O–H groups in total. The van der Waals surface area contributed by atoms with Gasteiger partial charge in [0.05, 0.1) is 0 Å². The van der Waals surface area contributed by atoms with Crippen molar-refractivity contribution in [3.05, 3.63) is 0 Å². The minimum Gasteiger partial charge on any atom is -0.328 e. The third kappa shape index (κ3) is 3.45. The van der Waals surface area contributed by atoms with Crippen molar-refractivity contribution < 1.29 is 0 Å². The fourth-order valence-electron chi connectivity index (χ4n) is 4.01. The molecule has 0 aromatic heterocycles. The highest BCUT2D eigenvalue weighted by Gasteiger charge is 2.36. The van der Waals surface area contributed by atoms with Crippen LogP contribution in [0.5, 0.6) is 0 Å². The lowest BCUT2D eigenvalue weighted by atomic mass is 9.63. The lowest BCUT2D eigenvalue weighted by Gasteiger charge is -2.43. The summed E-state index contributed by atoms with van der Waals surface area (Å²) in [5, 5.41) is 0. The fourth-order valence-corrected chi connectivity index (χ4v) is 4.01. The van der Waals surface area contributed by atoms with Gasteiger partial charge in [0.1, 0.15) is 0 Å². The van der Waals surface area contributed by atoms with Gasteiger partial charge in [0.25, 0.3) is 0 Å². The molecule has 2 unspecified atom stereocenters. The molecule has 0 heterocycles. The van der Waals surface area contributed by atoms with Crippen LogP contribution >= 0.6 is 0 Å². The molecule has 2 aliphatic rings. The zero-order valence-electron chi connectivity index (χ0n) is 11.6. The third-order valence-electron chi connectivity index (χ3n) is 5.29. The molecule has 2 nitrogen and oxygen atoms in total. The van der Waals surface area contributed by atoms with Crippen LogP contribution in [0.2, 0.25) is 0 Å². The maximum absolute atomic E-state index is 6.11. The molecule has 17 heavy (non-hydrogen) atoms. The van der Waals surface area contributed by atoms with Crippen LogP contribution in [0.25, 0.3) is 0 Å². The SMILES string of the molecule is CC1(C)CC(N)CCC1CC1CCC(N)CC1. The predicted molar refractivity (Wildman–Crippen MR) is 73.6 cm³/mol. The normalized spacial score (nSPS) is 42.4. The van der Waals surface area contributed by atoms with Crippen molar-refractivity contribution in [2.75, 3.05) is 0 Å². The van der Waals surface area contributed by atoms with Gasteiger partial charge in [0.2, 0.25) is 0 Å². The second-order valence-electron chi connectivity index (χ2n) is 7.24. The summed E-state index contributed by atoms with van der Waals surface area (Å²) in [5.74, 6) is 1.83. The van der Waals surface area contributed by atoms with Gasteiger partial charge < -0.3 is 11.5 Å². The summed E-state index contributed by atoms with van der Waals surface area (Å²) in [6.45, 7) is 4.84. The Labute approximate surface area is 107 Å². The first-order chi connectivity index (χ1) is 7.97. The highest BCUT2D eigenvalue weighted by Crippen LogP contribution is 2.45. The van der Waals surface area contributed by atoms with Crippen LogP contribution < -0.4 is 11.5 Å². The molecule has 0 aliphatic heterocycles. The summed E-state index contributed by atoms with van der Waals surface area (Å²) < 4.78 is 0. The predicted octanol–water partition coefficient (Wildman–Crippen LogP) is 3.05.